The van der Waals surface area contributed by atoms with E-state index in [1.165, 1.54) is 5.56 Å². The van der Waals surface area contributed by atoms with Crippen molar-refractivity contribution in [2.24, 2.45) is 17.2 Å². The summed E-state index contributed by atoms with van der Waals surface area (Å²) in [7, 11) is 0. The number of hydrogen-bond acceptors (Lipinski definition) is 2. The van der Waals surface area contributed by atoms with Crippen molar-refractivity contribution >= 4 is 15.9 Å². The fourth-order valence-electron chi connectivity index (χ4n) is 1.92. The summed E-state index contributed by atoms with van der Waals surface area (Å²) in [6.45, 7) is 9.14. The summed E-state index contributed by atoms with van der Waals surface area (Å²) in [5.41, 5.74) is 4.59. The van der Waals surface area contributed by atoms with Crippen LogP contribution in [-0.4, -0.2) is 6.04 Å². The van der Waals surface area contributed by atoms with Crippen molar-refractivity contribution < 1.29 is 0 Å². The highest BCUT2D eigenvalue weighted by molar-refractivity contribution is 9.10. The number of rotatable bonds is 5. The van der Waals surface area contributed by atoms with Gasteiger partial charge in [-0.2, -0.15) is 0 Å². The Morgan fingerprint density at radius 3 is 2.39 bits per heavy atom. The highest BCUT2D eigenvalue weighted by atomic mass is 79.9. The van der Waals surface area contributed by atoms with Gasteiger partial charge < -0.3 is 0 Å². The summed E-state index contributed by atoms with van der Waals surface area (Å²) in [4.78, 5) is 0. The van der Waals surface area contributed by atoms with Crippen LogP contribution in [0.5, 0.6) is 0 Å². The van der Waals surface area contributed by atoms with E-state index in [1.54, 1.807) is 0 Å². The largest absolute Gasteiger partial charge is 0.271 e. The molecule has 0 saturated heterocycles. The maximum absolute atomic E-state index is 5.70. The number of hydrogen-bond donors (Lipinski definition) is 2. The molecule has 3 N–H and O–H groups in total. The third-order valence-corrected chi connectivity index (χ3v) is 4.55. The Bertz CT molecular complexity index is 371. The molecule has 0 aliphatic heterocycles. The first kappa shape index (κ1) is 15.7. The van der Waals surface area contributed by atoms with E-state index in [0.29, 0.717) is 17.4 Å². The molecule has 18 heavy (non-hydrogen) atoms. The lowest BCUT2D eigenvalue weighted by atomic mass is 9.78. The van der Waals surface area contributed by atoms with Gasteiger partial charge in [0.1, 0.15) is 0 Å². The lowest BCUT2D eigenvalue weighted by molar-refractivity contribution is 0.222. The molecule has 0 saturated carbocycles. The van der Waals surface area contributed by atoms with Crippen LogP contribution >= 0.6 is 15.9 Å². The van der Waals surface area contributed by atoms with Crippen LogP contribution in [0.15, 0.2) is 28.7 Å². The highest BCUT2D eigenvalue weighted by Crippen LogP contribution is 2.30. The van der Waals surface area contributed by atoms with Crippen molar-refractivity contribution in [3.8, 4) is 0 Å². The monoisotopic (exact) mass is 312 g/mol. The minimum Gasteiger partial charge on any atom is -0.271 e. The van der Waals surface area contributed by atoms with Gasteiger partial charge in [0.15, 0.2) is 0 Å². The van der Waals surface area contributed by atoms with Gasteiger partial charge in [-0.05, 0) is 35.8 Å². The van der Waals surface area contributed by atoms with Gasteiger partial charge in [-0.3, -0.25) is 11.3 Å². The Kier molecular flexibility index (Phi) is 5.83. The standard InChI is InChI=1S/C15H25BrN2/c1-11(15(2,3)4)9-13(18-17)10-12-7-5-6-8-14(12)16/h5-8,11,13,18H,9-10,17H2,1-4H3. The Hall–Kier alpha value is -0.380. The van der Waals surface area contributed by atoms with Gasteiger partial charge in [-0.1, -0.05) is 61.8 Å². The molecular formula is C15H25BrN2. The molecule has 0 bridgehead atoms. The second-order valence-electron chi connectivity index (χ2n) is 6.16. The van der Waals surface area contributed by atoms with E-state index < -0.39 is 0 Å². The predicted molar refractivity (Wildman–Crippen MR) is 82.2 cm³/mol. The zero-order chi connectivity index (χ0) is 13.8. The summed E-state index contributed by atoms with van der Waals surface area (Å²) < 4.78 is 1.16. The molecule has 0 spiro atoms. The summed E-state index contributed by atoms with van der Waals surface area (Å²) in [6.07, 6.45) is 2.04. The molecule has 1 aromatic carbocycles. The molecule has 1 rings (SSSR count). The molecule has 3 heteroatoms. The fourth-order valence-corrected chi connectivity index (χ4v) is 2.37. The van der Waals surface area contributed by atoms with Gasteiger partial charge >= 0.3 is 0 Å². The number of nitrogens with one attached hydrogen (secondary N) is 1. The smallest absolute Gasteiger partial charge is 0.0254 e. The quantitative estimate of drug-likeness (QED) is 0.639. The van der Waals surface area contributed by atoms with Crippen molar-refractivity contribution in [2.75, 3.05) is 0 Å². The second kappa shape index (κ2) is 6.69. The number of halogens is 1. The number of nitrogens with two attached hydrogens (primary N) is 1. The van der Waals surface area contributed by atoms with Gasteiger partial charge in [0.25, 0.3) is 0 Å². The molecule has 102 valence electrons. The van der Waals surface area contributed by atoms with Gasteiger partial charge in [0.2, 0.25) is 0 Å². The average molecular weight is 313 g/mol. The molecule has 0 aliphatic carbocycles. The van der Waals surface area contributed by atoms with Crippen molar-refractivity contribution in [3.05, 3.63) is 34.3 Å². The Balaban J connectivity index is 2.66. The minimum absolute atomic E-state index is 0.318. The van der Waals surface area contributed by atoms with Crippen LogP contribution in [0.1, 0.15) is 39.7 Å². The molecular weight excluding hydrogens is 288 g/mol. The lowest BCUT2D eigenvalue weighted by Gasteiger charge is -2.30. The molecule has 0 radical (unpaired) electrons. The molecule has 2 atom stereocenters. The van der Waals surface area contributed by atoms with Crippen LogP contribution in [0, 0.1) is 11.3 Å². The SMILES string of the molecule is CC(CC(Cc1ccccc1Br)NN)C(C)(C)C. The van der Waals surface area contributed by atoms with E-state index in [9.17, 15) is 0 Å². The molecule has 2 unspecified atom stereocenters. The molecule has 0 aliphatic rings. The van der Waals surface area contributed by atoms with E-state index in [1.807, 2.05) is 6.07 Å². The normalized spacial score (nSPS) is 15.4. The zero-order valence-electron chi connectivity index (χ0n) is 11.8. The van der Waals surface area contributed by atoms with Gasteiger partial charge in [-0.15, -0.1) is 0 Å². The third-order valence-electron chi connectivity index (χ3n) is 3.78. The number of benzene rings is 1. The lowest BCUT2D eigenvalue weighted by Crippen LogP contribution is -2.39. The van der Waals surface area contributed by atoms with Crippen molar-refractivity contribution in [1.82, 2.24) is 5.43 Å². The maximum Gasteiger partial charge on any atom is 0.0254 e. The molecule has 0 fully saturated rings. The zero-order valence-corrected chi connectivity index (χ0v) is 13.4. The summed E-state index contributed by atoms with van der Waals surface area (Å²) in [5, 5.41) is 0. The molecule has 0 amide bonds. The summed E-state index contributed by atoms with van der Waals surface area (Å²) in [6, 6.07) is 8.65. The van der Waals surface area contributed by atoms with E-state index >= 15 is 0 Å². The predicted octanol–water partition coefficient (Wildman–Crippen LogP) is 3.90. The topological polar surface area (TPSA) is 38.0 Å². The van der Waals surface area contributed by atoms with Gasteiger partial charge in [0.05, 0.1) is 0 Å². The van der Waals surface area contributed by atoms with Crippen LogP contribution in [0.3, 0.4) is 0 Å². The molecule has 0 aromatic heterocycles. The minimum atomic E-state index is 0.318. The number of hydrazine groups is 1. The van der Waals surface area contributed by atoms with Crippen molar-refractivity contribution in [2.45, 2.75) is 46.6 Å². The van der Waals surface area contributed by atoms with Gasteiger partial charge in [0, 0.05) is 10.5 Å². The van der Waals surface area contributed by atoms with Crippen LogP contribution in [0.4, 0.5) is 0 Å². The van der Waals surface area contributed by atoms with Crippen LogP contribution in [0.25, 0.3) is 0 Å². The first-order valence-electron chi connectivity index (χ1n) is 6.54. The first-order chi connectivity index (χ1) is 8.34. The summed E-state index contributed by atoms with van der Waals surface area (Å²) in [5.74, 6) is 6.32. The van der Waals surface area contributed by atoms with Gasteiger partial charge in [-0.25, -0.2) is 0 Å². The first-order valence-corrected chi connectivity index (χ1v) is 7.33. The van der Waals surface area contributed by atoms with Crippen LogP contribution in [-0.2, 0) is 6.42 Å². The molecule has 0 heterocycles. The summed E-state index contributed by atoms with van der Waals surface area (Å²) >= 11 is 3.59. The molecule has 2 nitrogen and oxygen atoms in total. The van der Waals surface area contributed by atoms with E-state index in [0.717, 1.165) is 17.3 Å². The second-order valence-corrected chi connectivity index (χ2v) is 7.02. The Morgan fingerprint density at radius 1 is 1.28 bits per heavy atom. The fraction of sp³-hybridized carbons (Fsp3) is 0.600. The third kappa shape index (κ3) is 4.71. The van der Waals surface area contributed by atoms with Crippen LogP contribution in [0.2, 0.25) is 0 Å². The van der Waals surface area contributed by atoms with E-state index in [-0.39, 0.29) is 0 Å². The van der Waals surface area contributed by atoms with Crippen LogP contribution < -0.4 is 11.3 Å². The average Bonchev–Trinajstić information content (AvgIpc) is 2.29. The van der Waals surface area contributed by atoms with Crippen molar-refractivity contribution in [1.29, 1.82) is 0 Å². The Morgan fingerprint density at radius 2 is 1.89 bits per heavy atom. The van der Waals surface area contributed by atoms with Crippen molar-refractivity contribution in [3.63, 3.8) is 0 Å². The maximum atomic E-state index is 5.70. The molecule has 1 aromatic rings. The Labute approximate surface area is 119 Å². The van der Waals surface area contributed by atoms with E-state index in [2.05, 4.69) is 67.2 Å². The highest BCUT2D eigenvalue weighted by Gasteiger charge is 2.23. The van der Waals surface area contributed by atoms with E-state index in [4.69, 9.17) is 5.84 Å².